The fraction of sp³-hybridized carbons (Fsp3) is 0.471. The Morgan fingerprint density at radius 2 is 1.76 bits per heavy atom. The van der Waals surface area contributed by atoms with Crippen LogP contribution in [0.3, 0.4) is 0 Å². The Labute approximate surface area is 149 Å². The van der Waals surface area contributed by atoms with Crippen molar-refractivity contribution in [1.82, 2.24) is 5.06 Å². The molecule has 0 saturated heterocycles. The molecule has 0 radical (unpaired) electrons. The quantitative estimate of drug-likeness (QED) is 0.499. The van der Waals surface area contributed by atoms with Crippen molar-refractivity contribution < 1.29 is 28.0 Å². The van der Waals surface area contributed by atoms with E-state index < -0.39 is 19.3 Å². The maximum Gasteiger partial charge on any atom is 0.434 e. The van der Waals surface area contributed by atoms with Crippen molar-refractivity contribution in [2.45, 2.75) is 33.0 Å². The second-order valence-electron chi connectivity index (χ2n) is 6.09. The van der Waals surface area contributed by atoms with Crippen molar-refractivity contribution in [1.29, 1.82) is 0 Å². The first-order valence-corrected chi connectivity index (χ1v) is 9.36. The summed E-state index contributed by atoms with van der Waals surface area (Å²) in [6.45, 7) is 5.51. The zero-order valence-electron chi connectivity index (χ0n) is 15.3. The molecule has 140 valence electrons. The van der Waals surface area contributed by atoms with Crippen LogP contribution in [0.2, 0.25) is 0 Å². The molecule has 7 nitrogen and oxygen atoms in total. The van der Waals surface area contributed by atoms with Crippen LogP contribution in [0.1, 0.15) is 26.3 Å². The van der Waals surface area contributed by atoms with E-state index in [4.69, 9.17) is 18.6 Å². The summed E-state index contributed by atoms with van der Waals surface area (Å²) in [7, 11) is -0.733. The number of hydroxylamine groups is 2. The van der Waals surface area contributed by atoms with Gasteiger partial charge in [0.2, 0.25) is 0 Å². The number of carbonyl (C=O) groups excluding carboxylic acids is 1. The predicted octanol–water partition coefficient (Wildman–Crippen LogP) is 4.35. The van der Waals surface area contributed by atoms with Gasteiger partial charge in [-0.25, -0.2) is 4.79 Å². The summed E-state index contributed by atoms with van der Waals surface area (Å²) < 4.78 is 26.9. The van der Waals surface area contributed by atoms with Crippen LogP contribution in [0.25, 0.3) is 0 Å². The lowest BCUT2D eigenvalue weighted by Gasteiger charge is -2.26. The van der Waals surface area contributed by atoms with Gasteiger partial charge in [-0.15, -0.1) is 0 Å². The SMILES string of the molecule is COP(=O)(/C=C\CN(OCc1ccccc1)C(=O)OC(C)(C)C)OC. The van der Waals surface area contributed by atoms with Gasteiger partial charge in [-0.3, -0.25) is 9.40 Å². The van der Waals surface area contributed by atoms with Crippen LogP contribution in [0.5, 0.6) is 0 Å². The fourth-order valence-corrected chi connectivity index (χ4v) is 2.43. The summed E-state index contributed by atoms with van der Waals surface area (Å²) in [5, 5.41) is 1.06. The molecule has 0 spiro atoms. The smallest absolute Gasteiger partial charge is 0.434 e. The van der Waals surface area contributed by atoms with Crippen LogP contribution >= 0.6 is 7.60 Å². The second kappa shape index (κ2) is 9.73. The molecule has 8 heteroatoms. The first kappa shape index (κ1) is 21.4. The van der Waals surface area contributed by atoms with Crippen molar-refractivity contribution >= 4 is 13.7 Å². The number of rotatable bonds is 8. The maximum atomic E-state index is 12.3. The number of carbonyl (C=O) groups is 1. The molecule has 0 aliphatic heterocycles. The van der Waals surface area contributed by atoms with Crippen LogP contribution in [-0.2, 0) is 29.8 Å². The topological polar surface area (TPSA) is 74.3 Å². The molecule has 0 aromatic heterocycles. The molecule has 1 aromatic carbocycles. The number of nitrogens with zero attached hydrogens (tertiary/aromatic N) is 1. The van der Waals surface area contributed by atoms with Crippen molar-refractivity contribution in [3.05, 3.63) is 47.8 Å². The van der Waals surface area contributed by atoms with E-state index in [-0.39, 0.29) is 13.2 Å². The van der Waals surface area contributed by atoms with Gasteiger partial charge in [0.25, 0.3) is 0 Å². The molecule has 1 rings (SSSR count). The molecule has 1 amide bonds. The van der Waals surface area contributed by atoms with E-state index in [0.717, 1.165) is 10.6 Å². The number of benzene rings is 1. The summed E-state index contributed by atoms with van der Waals surface area (Å²) in [4.78, 5) is 17.8. The Morgan fingerprint density at radius 3 is 2.28 bits per heavy atom. The number of hydrogen-bond acceptors (Lipinski definition) is 6. The highest BCUT2D eigenvalue weighted by Crippen LogP contribution is 2.47. The molecule has 0 aliphatic rings. The van der Waals surface area contributed by atoms with Crippen molar-refractivity contribution in [2.24, 2.45) is 0 Å². The summed E-state index contributed by atoms with van der Waals surface area (Å²) in [6, 6.07) is 9.42. The lowest BCUT2D eigenvalue weighted by atomic mass is 10.2. The molecular weight excluding hydrogens is 345 g/mol. The third-order valence-electron chi connectivity index (χ3n) is 2.90. The molecule has 1 aromatic rings. The molecule has 0 N–H and O–H groups in total. The average molecular weight is 371 g/mol. The standard InChI is InChI=1S/C17H26NO6P/c1-17(2,3)24-16(19)18(12-9-13-25(20,21-4)22-5)23-14-15-10-7-6-8-11-15/h6-11,13H,12,14H2,1-5H3/b13-9-. The number of amides is 1. The minimum Gasteiger partial charge on any atom is -0.442 e. The summed E-state index contributed by atoms with van der Waals surface area (Å²) in [5.74, 6) is 1.27. The van der Waals surface area contributed by atoms with Crippen LogP contribution in [-0.4, -0.2) is 37.5 Å². The molecule has 0 aliphatic carbocycles. The zero-order valence-corrected chi connectivity index (χ0v) is 16.2. The van der Waals surface area contributed by atoms with Crippen LogP contribution in [0.15, 0.2) is 42.2 Å². The van der Waals surface area contributed by atoms with Gasteiger partial charge >= 0.3 is 13.7 Å². The molecule has 25 heavy (non-hydrogen) atoms. The van der Waals surface area contributed by atoms with E-state index in [1.807, 2.05) is 30.3 Å². The lowest BCUT2D eigenvalue weighted by molar-refractivity contribution is -0.149. The largest absolute Gasteiger partial charge is 0.442 e. The molecule has 0 atom stereocenters. The first-order chi connectivity index (χ1) is 11.7. The summed E-state index contributed by atoms with van der Waals surface area (Å²) in [6.07, 6.45) is 0.834. The van der Waals surface area contributed by atoms with Gasteiger partial charge in [-0.1, -0.05) is 36.4 Å². The van der Waals surface area contributed by atoms with Crippen molar-refractivity contribution in [2.75, 3.05) is 20.8 Å². The maximum absolute atomic E-state index is 12.3. The van der Waals surface area contributed by atoms with E-state index in [0.29, 0.717) is 0 Å². The van der Waals surface area contributed by atoms with Gasteiger partial charge in [0, 0.05) is 20.0 Å². The monoisotopic (exact) mass is 371 g/mol. The third-order valence-corrected chi connectivity index (χ3v) is 4.49. The van der Waals surface area contributed by atoms with E-state index >= 15 is 0 Å². The van der Waals surface area contributed by atoms with E-state index in [1.165, 1.54) is 26.1 Å². The molecular formula is C17H26NO6P. The molecule has 0 unspecified atom stereocenters. The van der Waals surface area contributed by atoms with Gasteiger partial charge < -0.3 is 13.8 Å². The minimum atomic E-state index is -3.30. The molecule has 0 heterocycles. The van der Waals surface area contributed by atoms with Gasteiger partial charge in [-0.05, 0) is 26.3 Å². The molecule has 0 bridgehead atoms. The van der Waals surface area contributed by atoms with Crippen LogP contribution < -0.4 is 0 Å². The summed E-state index contributed by atoms with van der Waals surface area (Å²) >= 11 is 0. The van der Waals surface area contributed by atoms with E-state index in [2.05, 4.69) is 0 Å². The predicted molar refractivity (Wildman–Crippen MR) is 94.9 cm³/mol. The zero-order chi connectivity index (χ0) is 18.9. The van der Waals surface area contributed by atoms with Crippen molar-refractivity contribution in [3.8, 4) is 0 Å². The highest BCUT2D eigenvalue weighted by atomic mass is 31.2. The first-order valence-electron chi connectivity index (χ1n) is 7.75. The number of ether oxygens (including phenoxy) is 1. The van der Waals surface area contributed by atoms with Gasteiger partial charge in [0.15, 0.2) is 0 Å². The highest BCUT2D eigenvalue weighted by molar-refractivity contribution is 7.57. The lowest BCUT2D eigenvalue weighted by Crippen LogP contribution is -2.37. The molecule has 0 fully saturated rings. The highest BCUT2D eigenvalue weighted by Gasteiger charge is 2.23. The Hall–Kier alpha value is -1.66. The molecule has 0 saturated carbocycles. The minimum absolute atomic E-state index is 0.0262. The van der Waals surface area contributed by atoms with E-state index in [1.54, 1.807) is 20.8 Å². The van der Waals surface area contributed by atoms with Crippen LogP contribution in [0.4, 0.5) is 4.79 Å². The van der Waals surface area contributed by atoms with Gasteiger partial charge in [-0.2, -0.15) is 5.06 Å². The second-order valence-corrected chi connectivity index (χ2v) is 8.20. The number of hydrogen-bond donors (Lipinski definition) is 0. The van der Waals surface area contributed by atoms with Gasteiger partial charge in [0.1, 0.15) is 12.2 Å². The summed E-state index contributed by atoms with van der Waals surface area (Å²) in [5.41, 5.74) is 0.239. The Balaban J connectivity index is 2.78. The van der Waals surface area contributed by atoms with E-state index in [9.17, 15) is 9.36 Å². The van der Waals surface area contributed by atoms with Crippen LogP contribution in [0, 0.1) is 0 Å². The van der Waals surface area contributed by atoms with Gasteiger partial charge in [0.05, 0.1) is 6.54 Å². The third kappa shape index (κ3) is 8.31. The Bertz CT molecular complexity index is 603. The normalized spacial score (nSPS) is 12.4. The Kier molecular flexibility index (Phi) is 8.32. The Morgan fingerprint density at radius 1 is 1.16 bits per heavy atom. The average Bonchev–Trinajstić information content (AvgIpc) is 2.57. The fourth-order valence-electron chi connectivity index (χ4n) is 1.69. The van der Waals surface area contributed by atoms with Crippen molar-refractivity contribution in [3.63, 3.8) is 0 Å².